The van der Waals surface area contributed by atoms with Gasteiger partial charge in [0.05, 0.1) is 10.6 Å². The molecule has 7 nitrogen and oxygen atoms in total. The molecule has 3 aromatic rings. The van der Waals surface area contributed by atoms with Crippen molar-refractivity contribution in [2.24, 2.45) is 0 Å². The van der Waals surface area contributed by atoms with E-state index in [1.54, 1.807) is 48.5 Å². The summed E-state index contributed by atoms with van der Waals surface area (Å²) in [5, 5.41) is 2.99. The van der Waals surface area contributed by atoms with Gasteiger partial charge in [-0.2, -0.15) is 0 Å². The van der Waals surface area contributed by atoms with Gasteiger partial charge in [0.15, 0.2) is 0 Å². The summed E-state index contributed by atoms with van der Waals surface area (Å²) < 4.78 is 29.6. The zero-order chi connectivity index (χ0) is 29.5. The van der Waals surface area contributed by atoms with Gasteiger partial charge in [-0.1, -0.05) is 76.9 Å². The number of amides is 2. The van der Waals surface area contributed by atoms with Gasteiger partial charge in [0.25, 0.3) is 10.0 Å². The Balaban J connectivity index is 2.02. The minimum atomic E-state index is -4.10. The molecule has 0 radical (unpaired) electrons. The molecule has 0 aliphatic rings. The van der Waals surface area contributed by atoms with Crippen LogP contribution in [0.5, 0.6) is 0 Å². The third-order valence-corrected chi connectivity index (χ3v) is 8.63. The first-order chi connectivity index (χ1) is 18.8. The quantitative estimate of drug-likeness (QED) is 0.295. The molecule has 3 rings (SSSR count). The average Bonchev–Trinajstić information content (AvgIpc) is 2.89. The van der Waals surface area contributed by atoms with Crippen molar-refractivity contribution in [2.45, 2.75) is 63.9 Å². The Morgan fingerprint density at radius 1 is 0.950 bits per heavy atom. The Bertz CT molecular complexity index is 1400. The van der Waals surface area contributed by atoms with Gasteiger partial charge in [0.2, 0.25) is 11.8 Å². The summed E-state index contributed by atoms with van der Waals surface area (Å²) in [5.74, 6) is -0.727. The molecular formula is C31H38BrN3O4S. The van der Waals surface area contributed by atoms with Crippen LogP contribution in [0.25, 0.3) is 0 Å². The molecule has 0 heterocycles. The van der Waals surface area contributed by atoms with Crippen LogP contribution in [-0.4, -0.2) is 49.8 Å². The molecule has 214 valence electrons. The summed E-state index contributed by atoms with van der Waals surface area (Å²) in [6.45, 7) is 9.19. The van der Waals surface area contributed by atoms with Crippen LogP contribution in [0.2, 0.25) is 0 Å². The van der Waals surface area contributed by atoms with Crippen LogP contribution in [0.3, 0.4) is 0 Å². The fraction of sp³-hybridized carbons (Fsp3) is 0.355. The summed E-state index contributed by atoms with van der Waals surface area (Å²) in [4.78, 5) is 29.0. The number of hydrogen-bond acceptors (Lipinski definition) is 4. The van der Waals surface area contributed by atoms with E-state index in [0.29, 0.717) is 23.0 Å². The van der Waals surface area contributed by atoms with Crippen molar-refractivity contribution in [1.82, 2.24) is 10.2 Å². The topological polar surface area (TPSA) is 86.8 Å². The lowest BCUT2D eigenvalue weighted by Crippen LogP contribution is -2.56. The van der Waals surface area contributed by atoms with Gasteiger partial charge in [0, 0.05) is 16.6 Å². The molecule has 0 aromatic heterocycles. The molecule has 1 atom stereocenters. The highest BCUT2D eigenvalue weighted by Gasteiger charge is 2.34. The fourth-order valence-electron chi connectivity index (χ4n) is 4.35. The zero-order valence-electron chi connectivity index (χ0n) is 23.7. The zero-order valence-corrected chi connectivity index (χ0v) is 26.1. The van der Waals surface area contributed by atoms with Gasteiger partial charge in [-0.3, -0.25) is 13.9 Å². The van der Waals surface area contributed by atoms with E-state index in [-0.39, 0.29) is 17.3 Å². The van der Waals surface area contributed by atoms with Gasteiger partial charge >= 0.3 is 0 Å². The Morgan fingerprint density at radius 3 is 2.17 bits per heavy atom. The molecule has 9 heteroatoms. The first-order valence-electron chi connectivity index (χ1n) is 13.3. The van der Waals surface area contributed by atoms with E-state index in [2.05, 4.69) is 21.2 Å². The third-order valence-electron chi connectivity index (χ3n) is 6.35. The Kier molecular flexibility index (Phi) is 10.6. The lowest BCUT2D eigenvalue weighted by molar-refractivity contribution is -0.140. The molecule has 0 unspecified atom stereocenters. The van der Waals surface area contributed by atoms with Gasteiger partial charge in [0.1, 0.15) is 12.6 Å². The predicted molar refractivity (Wildman–Crippen MR) is 164 cm³/mol. The molecule has 0 aliphatic heterocycles. The van der Waals surface area contributed by atoms with Crippen LogP contribution in [0.1, 0.15) is 45.2 Å². The van der Waals surface area contributed by atoms with Gasteiger partial charge in [-0.05, 0) is 76.4 Å². The molecule has 2 amide bonds. The molecule has 40 heavy (non-hydrogen) atoms. The molecule has 3 aromatic carbocycles. The third kappa shape index (κ3) is 8.41. The standard InChI is InChI=1S/C31H38BrN3O4S/c1-6-28(30(37)33-31(3,4)5)34(20-19-24-11-8-7-9-12-24)29(36)22-35(26-14-10-13-25(32)21-26)40(38,39)27-17-15-23(2)16-18-27/h7-18,21,28H,6,19-20,22H2,1-5H3,(H,33,37)/t28-/m0/s1. The average molecular weight is 629 g/mol. The van der Waals surface area contributed by atoms with Crippen LogP contribution in [-0.2, 0) is 26.0 Å². The maximum absolute atomic E-state index is 14.1. The molecule has 0 fully saturated rings. The summed E-state index contributed by atoms with van der Waals surface area (Å²) in [7, 11) is -4.10. The fourth-order valence-corrected chi connectivity index (χ4v) is 6.14. The van der Waals surface area contributed by atoms with Crippen molar-refractivity contribution in [3.8, 4) is 0 Å². The molecule has 0 spiro atoms. The van der Waals surface area contributed by atoms with Crippen molar-refractivity contribution in [3.63, 3.8) is 0 Å². The maximum Gasteiger partial charge on any atom is 0.264 e. The molecular weight excluding hydrogens is 590 g/mol. The molecule has 0 saturated heterocycles. The van der Waals surface area contributed by atoms with E-state index in [9.17, 15) is 18.0 Å². The minimum absolute atomic E-state index is 0.0826. The summed E-state index contributed by atoms with van der Waals surface area (Å²) in [6, 6.07) is 22.3. The number of rotatable bonds is 11. The van der Waals surface area contributed by atoms with Crippen LogP contribution in [0, 0.1) is 6.92 Å². The van der Waals surface area contributed by atoms with Crippen LogP contribution in [0.4, 0.5) is 5.69 Å². The van der Waals surface area contributed by atoms with Crippen molar-refractivity contribution in [1.29, 1.82) is 0 Å². The normalized spacial score (nSPS) is 12.4. The second-order valence-corrected chi connectivity index (χ2v) is 13.6. The molecule has 0 aliphatic carbocycles. The first kappa shape index (κ1) is 31.4. The summed E-state index contributed by atoms with van der Waals surface area (Å²) in [6.07, 6.45) is 0.900. The number of sulfonamides is 1. The van der Waals surface area contributed by atoms with E-state index >= 15 is 0 Å². The number of carbonyl (C=O) groups is 2. The molecule has 1 N–H and O–H groups in total. The number of halogens is 1. The van der Waals surface area contributed by atoms with Crippen LogP contribution < -0.4 is 9.62 Å². The molecule has 0 bridgehead atoms. The maximum atomic E-state index is 14.1. The van der Waals surface area contributed by atoms with Gasteiger partial charge in [-0.25, -0.2) is 8.42 Å². The van der Waals surface area contributed by atoms with Crippen molar-refractivity contribution >= 4 is 43.5 Å². The SMILES string of the molecule is CC[C@@H](C(=O)NC(C)(C)C)N(CCc1ccccc1)C(=O)CN(c1cccc(Br)c1)S(=O)(=O)c1ccc(C)cc1. The lowest BCUT2D eigenvalue weighted by Gasteiger charge is -2.34. The minimum Gasteiger partial charge on any atom is -0.350 e. The Hall–Kier alpha value is -3.17. The summed E-state index contributed by atoms with van der Waals surface area (Å²) >= 11 is 3.42. The highest BCUT2D eigenvalue weighted by Crippen LogP contribution is 2.27. The van der Waals surface area contributed by atoms with Crippen molar-refractivity contribution in [2.75, 3.05) is 17.4 Å². The van der Waals surface area contributed by atoms with Gasteiger partial charge in [-0.15, -0.1) is 0 Å². The molecule has 0 saturated carbocycles. The Morgan fingerprint density at radius 2 is 1.60 bits per heavy atom. The number of aryl methyl sites for hydroxylation is 1. The highest BCUT2D eigenvalue weighted by molar-refractivity contribution is 9.10. The van der Waals surface area contributed by atoms with E-state index < -0.39 is 34.1 Å². The number of nitrogens with one attached hydrogen (secondary N) is 1. The number of carbonyl (C=O) groups excluding carboxylic acids is 2. The monoisotopic (exact) mass is 627 g/mol. The van der Waals surface area contributed by atoms with Crippen LogP contribution in [0.15, 0.2) is 88.2 Å². The summed E-state index contributed by atoms with van der Waals surface area (Å²) in [5.41, 5.74) is 1.79. The van der Waals surface area contributed by atoms with Crippen molar-refractivity contribution in [3.05, 3.63) is 94.5 Å². The number of anilines is 1. The number of hydrogen-bond donors (Lipinski definition) is 1. The van der Waals surface area contributed by atoms with Gasteiger partial charge < -0.3 is 10.2 Å². The Labute approximate surface area is 246 Å². The van der Waals surface area contributed by atoms with E-state index in [0.717, 1.165) is 15.4 Å². The first-order valence-corrected chi connectivity index (χ1v) is 15.6. The van der Waals surface area contributed by atoms with Crippen LogP contribution >= 0.6 is 15.9 Å². The lowest BCUT2D eigenvalue weighted by atomic mass is 10.1. The largest absolute Gasteiger partial charge is 0.350 e. The second-order valence-electron chi connectivity index (χ2n) is 10.8. The smallest absolute Gasteiger partial charge is 0.264 e. The van der Waals surface area contributed by atoms with E-state index in [1.807, 2.05) is 65.0 Å². The second kappa shape index (κ2) is 13.5. The predicted octanol–water partition coefficient (Wildman–Crippen LogP) is 5.72. The highest BCUT2D eigenvalue weighted by atomic mass is 79.9. The number of nitrogens with zero attached hydrogens (tertiary/aromatic N) is 2. The van der Waals surface area contributed by atoms with E-state index in [1.165, 1.54) is 4.90 Å². The van der Waals surface area contributed by atoms with Crippen molar-refractivity contribution < 1.29 is 18.0 Å². The van der Waals surface area contributed by atoms with E-state index in [4.69, 9.17) is 0 Å². The number of benzene rings is 3.